The molecule has 1 aromatic carbocycles. The van der Waals surface area contributed by atoms with Crippen molar-refractivity contribution >= 4 is 11.6 Å². The Labute approximate surface area is 114 Å². The maximum Gasteiger partial charge on any atom is 0.251 e. The quantitative estimate of drug-likeness (QED) is 0.629. The van der Waals surface area contributed by atoms with Gasteiger partial charge in [-0.25, -0.2) is 0 Å². The van der Waals surface area contributed by atoms with Crippen LogP contribution >= 0.6 is 0 Å². The molecule has 1 saturated carbocycles. The zero-order chi connectivity index (χ0) is 13.5. The van der Waals surface area contributed by atoms with E-state index < -0.39 is 0 Å². The lowest BCUT2D eigenvalue weighted by Crippen LogP contribution is -2.25. The number of carbonyl (C=O) groups is 1. The van der Waals surface area contributed by atoms with Gasteiger partial charge in [0.15, 0.2) is 0 Å². The van der Waals surface area contributed by atoms with Gasteiger partial charge in [0.05, 0.1) is 0 Å². The number of hydrogen-bond acceptors (Lipinski definition) is 3. The van der Waals surface area contributed by atoms with Crippen LogP contribution < -0.4 is 10.6 Å². The largest absolute Gasteiger partial charge is 0.396 e. The second-order valence-electron chi connectivity index (χ2n) is 5.04. The highest BCUT2D eigenvalue weighted by Gasteiger charge is 2.23. The predicted octanol–water partition coefficient (Wildman–Crippen LogP) is 2.15. The standard InChI is InChI=1S/C15H22N2O2/c18-11-3-1-2-10-16-13-6-4-12(5-7-13)15(19)17-14-8-9-14/h4-7,14,16,18H,1-3,8-11H2,(H,17,19). The van der Waals surface area contributed by atoms with Gasteiger partial charge >= 0.3 is 0 Å². The first-order valence-electron chi connectivity index (χ1n) is 7.05. The van der Waals surface area contributed by atoms with E-state index >= 15 is 0 Å². The molecule has 1 aliphatic rings. The minimum atomic E-state index is 0.0250. The molecule has 0 spiro atoms. The first-order chi connectivity index (χ1) is 9.29. The number of unbranched alkanes of at least 4 members (excludes halogenated alkanes) is 2. The summed E-state index contributed by atoms with van der Waals surface area (Å²) in [5.41, 5.74) is 1.75. The summed E-state index contributed by atoms with van der Waals surface area (Å²) >= 11 is 0. The van der Waals surface area contributed by atoms with Crippen molar-refractivity contribution in [3.8, 4) is 0 Å². The summed E-state index contributed by atoms with van der Waals surface area (Å²) in [5.74, 6) is 0.0250. The Bertz CT molecular complexity index is 399. The lowest BCUT2D eigenvalue weighted by atomic mass is 10.2. The van der Waals surface area contributed by atoms with Gasteiger partial charge < -0.3 is 15.7 Å². The molecule has 4 heteroatoms. The summed E-state index contributed by atoms with van der Waals surface area (Å²) in [6.07, 6.45) is 5.16. The van der Waals surface area contributed by atoms with Crippen LogP contribution in [0.25, 0.3) is 0 Å². The van der Waals surface area contributed by atoms with Crippen LogP contribution in [-0.4, -0.2) is 30.2 Å². The van der Waals surface area contributed by atoms with E-state index in [0.717, 1.165) is 49.9 Å². The molecule has 0 heterocycles. The monoisotopic (exact) mass is 262 g/mol. The molecule has 0 aromatic heterocycles. The van der Waals surface area contributed by atoms with Crippen molar-refractivity contribution in [2.24, 2.45) is 0 Å². The Kier molecular flexibility index (Phi) is 5.21. The van der Waals surface area contributed by atoms with E-state index in [1.54, 1.807) is 0 Å². The van der Waals surface area contributed by atoms with Gasteiger partial charge in [-0.2, -0.15) is 0 Å². The second-order valence-corrected chi connectivity index (χ2v) is 5.04. The van der Waals surface area contributed by atoms with Gasteiger partial charge in [-0.05, 0) is 56.4 Å². The molecule has 0 atom stereocenters. The molecule has 0 saturated heterocycles. The van der Waals surface area contributed by atoms with Crippen LogP contribution in [0, 0.1) is 0 Å². The Morgan fingerprint density at radius 2 is 1.89 bits per heavy atom. The third kappa shape index (κ3) is 4.91. The summed E-state index contributed by atoms with van der Waals surface area (Å²) in [6, 6.07) is 7.99. The molecule has 1 aliphatic carbocycles. The van der Waals surface area contributed by atoms with E-state index in [9.17, 15) is 4.79 Å². The number of aliphatic hydroxyl groups is 1. The minimum Gasteiger partial charge on any atom is -0.396 e. The third-order valence-corrected chi connectivity index (χ3v) is 3.22. The number of carbonyl (C=O) groups excluding carboxylic acids is 1. The fourth-order valence-electron chi connectivity index (χ4n) is 1.88. The van der Waals surface area contributed by atoms with Crippen molar-refractivity contribution in [1.82, 2.24) is 5.32 Å². The molecule has 0 unspecified atom stereocenters. The van der Waals surface area contributed by atoms with Crippen molar-refractivity contribution in [2.45, 2.75) is 38.1 Å². The van der Waals surface area contributed by atoms with E-state index in [-0.39, 0.29) is 12.5 Å². The first kappa shape index (κ1) is 13.9. The molecule has 1 aromatic rings. The Morgan fingerprint density at radius 3 is 2.53 bits per heavy atom. The molecule has 1 amide bonds. The summed E-state index contributed by atoms with van der Waals surface area (Å²) in [6.45, 7) is 1.17. The van der Waals surface area contributed by atoms with Gasteiger partial charge in [0, 0.05) is 30.4 Å². The average molecular weight is 262 g/mol. The van der Waals surface area contributed by atoms with Gasteiger partial charge in [0.2, 0.25) is 0 Å². The van der Waals surface area contributed by atoms with Crippen LogP contribution in [0.5, 0.6) is 0 Å². The van der Waals surface area contributed by atoms with Gasteiger partial charge in [0.1, 0.15) is 0 Å². The molecule has 0 aliphatic heterocycles. The van der Waals surface area contributed by atoms with E-state index in [2.05, 4.69) is 10.6 Å². The average Bonchev–Trinajstić information content (AvgIpc) is 3.23. The van der Waals surface area contributed by atoms with E-state index in [0.29, 0.717) is 6.04 Å². The molecule has 2 rings (SSSR count). The number of amides is 1. The number of hydrogen-bond donors (Lipinski definition) is 3. The number of rotatable bonds is 8. The SMILES string of the molecule is O=C(NC1CC1)c1ccc(NCCCCCO)cc1. The van der Waals surface area contributed by atoms with Crippen LogP contribution in [-0.2, 0) is 0 Å². The normalized spacial score (nSPS) is 14.2. The third-order valence-electron chi connectivity index (χ3n) is 3.22. The second kappa shape index (κ2) is 7.14. The molecule has 104 valence electrons. The zero-order valence-electron chi connectivity index (χ0n) is 11.2. The van der Waals surface area contributed by atoms with E-state index in [4.69, 9.17) is 5.11 Å². The summed E-state index contributed by atoms with van der Waals surface area (Å²) in [5, 5.41) is 15.0. The number of benzene rings is 1. The molecule has 3 N–H and O–H groups in total. The minimum absolute atomic E-state index is 0.0250. The van der Waals surface area contributed by atoms with Gasteiger partial charge in [-0.3, -0.25) is 4.79 Å². The maximum atomic E-state index is 11.8. The summed E-state index contributed by atoms with van der Waals surface area (Å²) < 4.78 is 0. The van der Waals surface area contributed by atoms with Crippen LogP contribution in [0.15, 0.2) is 24.3 Å². The van der Waals surface area contributed by atoms with Crippen molar-refractivity contribution in [2.75, 3.05) is 18.5 Å². The molecular weight excluding hydrogens is 240 g/mol. The Hall–Kier alpha value is -1.55. The Morgan fingerprint density at radius 1 is 1.16 bits per heavy atom. The predicted molar refractivity (Wildman–Crippen MR) is 76.4 cm³/mol. The molecule has 19 heavy (non-hydrogen) atoms. The summed E-state index contributed by atoms with van der Waals surface area (Å²) in [4.78, 5) is 11.8. The van der Waals surface area contributed by atoms with Crippen LogP contribution in [0.4, 0.5) is 5.69 Å². The maximum absolute atomic E-state index is 11.8. The highest BCUT2D eigenvalue weighted by Crippen LogP contribution is 2.19. The van der Waals surface area contributed by atoms with E-state index in [1.807, 2.05) is 24.3 Å². The van der Waals surface area contributed by atoms with E-state index in [1.165, 1.54) is 0 Å². The highest BCUT2D eigenvalue weighted by atomic mass is 16.2. The van der Waals surface area contributed by atoms with Gasteiger partial charge in [-0.1, -0.05) is 0 Å². The molecule has 0 radical (unpaired) electrons. The molecule has 4 nitrogen and oxygen atoms in total. The Balaban J connectivity index is 1.72. The fraction of sp³-hybridized carbons (Fsp3) is 0.533. The van der Waals surface area contributed by atoms with Crippen molar-refractivity contribution in [3.63, 3.8) is 0 Å². The van der Waals surface area contributed by atoms with Crippen molar-refractivity contribution in [1.29, 1.82) is 0 Å². The smallest absolute Gasteiger partial charge is 0.251 e. The molecule has 0 bridgehead atoms. The highest BCUT2D eigenvalue weighted by molar-refractivity contribution is 5.94. The lowest BCUT2D eigenvalue weighted by molar-refractivity contribution is 0.0951. The van der Waals surface area contributed by atoms with Crippen LogP contribution in [0.1, 0.15) is 42.5 Å². The summed E-state index contributed by atoms with van der Waals surface area (Å²) in [7, 11) is 0. The lowest BCUT2D eigenvalue weighted by Gasteiger charge is -2.07. The van der Waals surface area contributed by atoms with Gasteiger partial charge in [0.25, 0.3) is 5.91 Å². The fourth-order valence-corrected chi connectivity index (χ4v) is 1.88. The molecular formula is C15H22N2O2. The van der Waals surface area contributed by atoms with Crippen molar-refractivity contribution in [3.05, 3.63) is 29.8 Å². The van der Waals surface area contributed by atoms with Crippen LogP contribution in [0.3, 0.4) is 0 Å². The zero-order valence-corrected chi connectivity index (χ0v) is 11.2. The number of nitrogens with one attached hydrogen (secondary N) is 2. The first-order valence-corrected chi connectivity index (χ1v) is 7.05. The van der Waals surface area contributed by atoms with Crippen LogP contribution in [0.2, 0.25) is 0 Å². The molecule has 1 fully saturated rings. The topological polar surface area (TPSA) is 61.4 Å². The number of anilines is 1. The van der Waals surface area contributed by atoms with Gasteiger partial charge in [-0.15, -0.1) is 0 Å². The number of aliphatic hydroxyl groups excluding tert-OH is 1. The van der Waals surface area contributed by atoms with Crippen molar-refractivity contribution < 1.29 is 9.90 Å².